The summed E-state index contributed by atoms with van der Waals surface area (Å²) < 4.78 is 2.31. The summed E-state index contributed by atoms with van der Waals surface area (Å²) >= 11 is 11.2. The molecule has 2 aromatic carbocycles. The van der Waals surface area contributed by atoms with Crippen molar-refractivity contribution in [3.63, 3.8) is 0 Å². The van der Waals surface area contributed by atoms with Gasteiger partial charge in [0.25, 0.3) is 0 Å². The molecule has 1 unspecified atom stereocenters. The van der Waals surface area contributed by atoms with Gasteiger partial charge in [0.15, 0.2) is 0 Å². The third-order valence-corrected chi connectivity index (χ3v) is 5.89. The summed E-state index contributed by atoms with van der Waals surface area (Å²) in [6, 6.07) is 13.3. The van der Waals surface area contributed by atoms with E-state index >= 15 is 0 Å². The van der Waals surface area contributed by atoms with Crippen molar-refractivity contribution < 1.29 is 0 Å². The number of hydrogen-bond acceptors (Lipinski definition) is 0. The molecule has 0 aliphatic heterocycles. The maximum absolute atomic E-state index is 3.92. The molecule has 3 rings (SSSR count). The van der Waals surface area contributed by atoms with Crippen LogP contribution in [0.25, 0.3) is 11.1 Å². The standard InChI is InChI=1S/C17H15Br3/c1-2-3-16(20)17-14-8-10(18)4-6-12(14)13-7-5-11(19)9-15(13)17/h4-9,16-17H,2-3H2,1H3. The lowest BCUT2D eigenvalue weighted by Gasteiger charge is -2.20. The fraction of sp³-hybridized carbons (Fsp3) is 0.294. The monoisotopic (exact) mass is 456 g/mol. The fourth-order valence-corrected chi connectivity index (χ4v) is 4.86. The topological polar surface area (TPSA) is 0 Å². The average molecular weight is 459 g/mol. The van der Waals surface area contributed by atoms with Crippen molar-refractivity contribution in [1.29, 1.82) is 0 Å². The third kappa shape index (κ3) is 2.53. The van der Waals surface area contributed by atoms with E-state index in [2.05, 4.69) is 91.1 Å². The Morgan fingerprint density at radius 1 is 0.950 bits per heavy atom. The van der Waals surface area contributed by atoms with Crippen LogP contribution >= 0.6 is 47.8 Å². The van der Waals surface area contributed by atoms with Crippen LogP contribution in [-0.4, -0.2) is 4.83 Å². The normalized spacial score (nSPS) is 15.0. The summed E-state index contributed by atoms with van der Waals surface area (Å²) in [5.41, 5.74) is 5.62. The molecular weight excluding hydrogens is 444 g/mol. The van der Waals surface area contributed by atoms with E-state index in [0.717, 1.165) is 8.95 Å². The smallest absolute Gasteiger partial charge is 0.0255 e. The van der Waals surface area contributed by atoms with E-state index in [0.29, 0.717) is 10.7 Å². The Morgan fingerprint density at radius 2 is 1.45 bits per heavy atom. The van der Waals surface area contributed by atoms with Crippen LogP contribution in [0, 0.1) is 0 Å². The third-order valence-electron chi connectivity index (χ3n) is 3.91. The van der Waals surface area contributed by atoms with Gasteiger partial charge in [-0.05, 0) is 52.9 Å². The van der Waals surface area contributed by atoms with E-state index in [1.54, 1.807) is 0 Å². The molecule has 0 fully saturated rings. The van der Waals surface area contributed by atoms with Crippen LogP contribution < -0.4 is 0 Å². The Morgan fingerprint density at radius 3 is 1.90 bits per heavy atom. The molecule has 2 aromatic rings. The Bertz CT molecular complexity index is 597. The minimum Gasteiger partial charge on any atom is -0.0880 e. The molecule has 0 radical (unpaired) electrons. The Balaban J connectivity index is 2.19. The van der Waals surface area contributed by atoms with Crippen LogP contribution in [0.15, 0.2) is 45.3 Å². The lowest BCUT2D eigenvalue weighted by Crippen LogP contribution is -2.11. The molecule has 0 bridgehead atoms. The molecule has 0 nitrogen and oxygen atoms in total. The number of benzene rings is 2. The van der Waals surface area contributed by atoms with Gasteiger partial charge < -0.3 is 0 Å². The van der Waals surface area contributed by atoms with E-state index in [4.69, 9.17) is 0 Å². The number of alkyl halides is 1. The molecule has 0 N–H and O–H groups in total. The molecule has 3 heteroatoms. The maximum Gasteiger partial charge on any atom is 0.0255 e. The van der Waals surface area contributed by atoms with Gasteiger partial charge in [0.1, 0.15) is 0 Å². The molecule has 0 spiro atoms. The van der Waals surface area contributed by atoms with Gasteiger partial charge in [0.05, 0.1) is 0 Å². The van der Waals surface area contributed by atoms with Crippen molar-refractivity contribution in [3.05, 3.63) is 56.5 Å². The van der Waals surface area contributed by atoms with Gasteiger partial charge in [-0.15, -0.1) is 0 Å². The first-order valence-corrected chi connectivity index (χ1v) is 9.35. The second-order valence-electron chi connectivity index (χ2n) is 5.25. The van der Waals surface area contributed by atoms with Gasteiger partial charge in [-0.3, -0.25) is 0 Å². The second kappa shape index (κ2) is 5.94. The van der Waals surface area contributed by atoms with Crippen molar-refractivity contribution in [2.45, 2.75) is 30.5 Å². The van der Waals surface area contributed by atoms with Crippen molar-refractivity contribution in [2.24, 2.45) is 0 Å². The molecule has 1 atom stereocenters. The van der Waals surface area contributed by atoms with Crippen LogP contribution in [0.3, 0.4) is 0 Å². The lowest BCUT2D eigenvalue weighted by atomic mass is 9.91. The second-order valence-corrected chi connectivity index (χ2v) is 8.25. The Labute approximate surface area is 145 Å². The highest BCUT2D eigenvalue weighted by atomic mass is 79.9. The van der Waals surface area contributed by atoms with E-state index < -0.39 is 0 Å². The summed E-state index contributed by atoms with van der Waals surface area (Å²) in [4.78, 5) is 0.482. The zero-order valence-electron chi connectivity index (χ0n) is 11.2. The van der Waals surface area contributed by atoms with E-state index in [1.807, 2.05) is 0 Å². The molecule has 1 aliphatic carbocycles. The maximum atomic E-state index is 3.92. The van der Waals surface area contributed by atoms with Crippen molar-refractivity contribution >= 4 is 47.8 Å². The van der Waals surface area contributed by atoms with Gasteiger partial charge in [-0.2, -0.15) is 0 Å². The number of hydrogen-bond donors (Lipinski definition) is 0. The van der Waals surface area contributed by atoms with E-state index in [-0.39, 0.29) is 0 Å². The minimum atomic E-state index is 0.440. The van der Waals surface area contributed by atoms with Gasteiger partial charge in [0, 0.05) is 19.7 Å². The average Bonchev–Trinajstić information content (AvgIpc) is 2.71. The van der Waals surface area contributed by atoms with Gasteiger partial charge >= 0.3 is 0 Å². The van der Waals surface area contributed by atoms with Crippen LogP contribution in [-0.2, 0) is 0 Å². The number of halogens is 3. The number of fused-ring (bicyclic) bond motifs is 3. The van der Waals surface area contributed by atoms with E-state index in [1.165, 1.54) is 35.1 Å². The van der Waals surface area contributed by atoms with Crippen LogP contribution in [0.2, 0.25) is 0 Å². The molecular formula is C17H15Br3. The summed E-state index contributed by atoms with van der Waals surface area (Å²) in [6.07, 6.45) is 2.38. The SMILES string of the molecule is CCCC(Br)C1c2cc(Br)ccc2-c2ccc(Br)cc21. The van der Waals surface area contributed by atoms with Gasteiger partial charge in [0.2, 0.25) is 0 Å². The zero-order chi connectivity index (χ0) is 14.3. The molecule has 20 heavy (non-hydrogen) atoms. The summed E-state index contributed by atoms with van der Waals surface area (Å²) in [5, 5.41) is 0. The summed E-state index contributed by atoms with van der Waals surface area (Å²) in [5.74, 6) is 0.440. The van der Waals surface area contributed by atoms with Crippen molar-refractivity contribution in [1.82, 2.24) is 0 Å². The van der Waals surface area contributed by atoms with Crippen molar-refractivity contribution in [3.8, 4) is 11.1 Å². The molecule has 104 valence electrons. The first-order valence-electron chi connectivity index (χ1n) is 6.85. The molecule has 0 saturated carbocycles. The Kier molecular flexibility index (Phi) is 4.40. The minimum absolute atomic E-state index is 0.440. The molecule has 1 aliphatic rings. The summed E-state index contributed by atoms with van der Waals surface area (Å²) in [6.45, 7) is 2.24. The highest BCUT2D eigenvalue weighted by Gasteiger charge is 2.33. The molecule has 0 saturated heterocycles. The number of rotatable bonds is 3. The van der Waals surface area contributed by atoms with Gasteiger partial charge in [-0.1, -0.05) is 73.3 Å². The largest absolute Gasteiger partial charge is 0.0880 e. The molecule has 0 aromatic heterocycles. The first kappa shape index (κ1) is 14.8. The predicted molar refractivity (Wildman–Crippen MR) is 96.7 cm³/mol. The zero-order valence-corrected chi connectivity index (χ0v) is 15.9. The molecule has 0 heterocycles. The highest BCUT2D eigenvalue weighted by Crippen LogP contribution is 2.50. The van der Waals surface area contributed by atoms with Crippen LogP contribution in [0.1, 0.15) is 36.8 Å². The fourth-order valence-electron chi connectivity index (χ4n) is 3.07. The lowest BCUT2D eigenvalue weighted by molar-refractivity contribution is 0.687. The summed E-state index contributed by atoms with van der Waals surface area (Å²) in [7, 11) is 0. The van der Waals surface area contributed by atoms with Crippen molar-refractivity contribution in [2.75, 3.05) is 0 Å². The highest BCUT2D eigenvalue weighted by molar-refractivity contribution is 9.10. The van der Waals surface area contributed by atoms with Crippen LogP contribution in [0.4, 0.5) is 0 Å². The van der Waals surface area contributed by atoms with Crippen LogP contribution in [0.5, 0.6) is 0 Å². The Hall–Kier alpha value is -0.120. The van der Waals surface area contributed by atoms with E-state index in [9.17, 15) is 0 Å². The predicted octanol–water partition coefficient (Wildman–Crippen LogP) is 6.89. The quantitative estimate of drug-likeness (QED) is 0.439. The first-order chi connectivity index (χ1) is 9.61. The van der Waals surface area contributed by atoms with Gasteiger partial charge in [-0.25, -0.2) is 0 Å². The molecule has 0 amide bonds.